The number of hydrogen-bond acceptors (Lipinski definition) is 3. The van der Waals surface area contributed by atoms with Crippen molar-refractivity contribution in [2.45, 2.75) is 27.2 Å². The molecule has 1 saturated heterocycles. The van der Waals surface area contributed by atoms with Gasteiger partial charge in [0.15, 0.2) is 0 Å². The molecule has 0 radical (unpaired) electrons. The second-order valence-corrected chi connectivity index (χ2v) is 5.90. The lowest BCUT2D eigenvalue weighted by molar-refractivity contribution is -0.142. The van der Waals surface area contributed by atoms with Crippen molar-refractivity contribution < 1.29 is 14.7 Å². The zero-order valence-electron chi connectivity index (χ0n) is 10.7. The van der Waals surface area contributed by atoms with Gasteiger partial charge in [-0.25, -0.2) is 0 Å². The summed E-state index contributed by atoms with van der Waals surface area (Å²) < 4.78 is 0. The highest BCUT2D eigenvalue weighted by Crippen LogP contribution is 2.24. The zero-order chi connectivity index (χ0) is 13.1. The summed E-state index contributed by atoms with van der Waals surface area (Å²) in [5.41, 5.74) is -0.0498. The van der Waals surface area contributed by atoms with E-state index in [1.165, 1.54) is 0 Å². The fourth-order valence-corrected chi connectivity index (χ4v) is 1.83. The Morgan fingerprint density at radius 2 is 2.00 bits per heavy atom. The topological polar surface area (TPSA) is 78.4 Å². The predicted octanol–water partition coefficient (Wildman–Crippen LogP) is 0.459. The largest absolute Gasteiger partial charge is 0.481 e. The van der Waals surface area contributed by atoms with Crippen molar-refractivity contribution in [3.05, 3.63) is 0 Å². The first-order chi connectivity index (χ1) is 7.79. The highest BCUT2D eigenvalue weighted by molar-refractivity contribution is 5.80. The molecule has 0 aromatic heterocycles. The molecule has 0 aromatic carbocycles. The minimum absolute atomic E-state index is 0.0130. The van der Waals surface area contributed by atoms with Crippen LogP contribution >= 0.6 is 0 Å². The van der Waals surface area contributed by atoms with Crippen LogP contribution in [0.3, 0.4) is 0 Å². The maximum atomic E-state index is 11.6. The van der Waals surface area contributed by atoms with Gasteiger partial charge in [-0.15, -0.1) is 0 Å². The van der Waals surface area contributed by atoms with Crippen molar-refractivity contribution in [2.75, 3.05) is 19.6 Å². The maximum Gasteiger partial charge on any atom is 0.308 e. The number of carboxylic acid groups (broad SMARTS) is 1. The molecule has 0 bridgehead atoms. The van der Waals surface area contributed by atoms with Gasteiger partial charge in [-0.1, -0.05) is 20.8 Å². The molecule has 1 fully saturated rings. The molecule has 5 nitrogen and oxygen atoms in total. The molecule has 1 amide bonds. The first kappa shape index (κ1) is 14.0. The normalized spacial score (nSPS) is 18.3. The van der Waals surface area contributed by atoms with Gasteiger partial charge in [0.2, 0.25) is 5.91 Å². The Labute approximate surface area is 102 Å². The summed E-state index contributed by atoms with van der Waals surface area (Å²) >= 11 is 0. The Bertz CT molecular complexity index is 293. The highest BCUT2D eigenvalue weighted by Gasteiger charge is 2.28. The van der Waals surface area contributed by atoms with Crippen molar-refractivity contribution in [1.82, 2.24) is 10.6 Å². The summed E-state index contributed by atoms with van der Waals surface area (Å²) in [6.07, 6.45) is 0.561. The number of aliphatic carboxylic acids is 1. The van der Waals surface area contributed by atoms with Gasteiger partial charge in [0, 0.05) is 19.6 Å². The van der Waals surface area contributed by atoms with Crippen LogP contribution < -0.4 is 10.6 Å². The monoisotopic (exact) mass is 242 g/mol. The fraction of sp³-hybridized carbons (Fsp3) is 0.833. The molecule has 0 aromatic rings. The van der Waals surface area contributed by atoms with E-state index >= 15 is 0 Å². The number of hydrogen-bond donors (Lipinski definition) is 3. The molecule has 1 unspecified atom stereocenters. The minimum atomic E-state index is -0.841. The molecule has 1 heterocycles. The Kier molecular flexibility index (Phi) is 4.51. The number of carbonyl (C=O) groups excluding carboxylic acids is 1. The highest BCUT2D eigenvalue weighted by atomic mass is 16.4. The van der Waals surface area contributed by atoms with E-state index in [0.29, 0.717) is 19.5 Å². The van der Waals surface area contributed by atoms with E-state index in [-0.39, 0.29) is 23.8 Å². The van der Waals surface area contributed by atoms with Gasteiger partial charge in [-0.2, -0.15) is 0 Å². The van der Waals surface area contributed by atoms with Crippen molar-refractivity contribution in [2.24, 2.45) is 17.3 Å². The van der Waals surface area contributed by atoms with Gasteiger partial charge < -0.3 is 15.7 Å². The van der Waals surface area contributed by atoms with E-state index < -0.39 is 11.9 Å². The van der Waals surface area contributed by atoms with Gasteiger partial charge in [0.25, 0.3) is 0 Å². The van der Waals surface area contributed by atoms with Crippen LogP contribution in [-0.2, 0) is 9.59 Å². The third kappa shape index (κ3) is 4.73. The quantitative estimate of drug-likeness (QED) is 0.654. The van der Waals surface area contributed by atoms with Crippen molar-refractivity contribution >= 4 is 11.9 Å². The minimum Gasteiger partial charge on any atom is -0.481 e. The third-order valence-electron chi connectivity index (χ3n) is 2.88. The molecule has 1 atom stereocenters. The molecular weight excluding hydrogens is 220 g/mol. The smallest absolute Gasteiger partial charge is 0.308 e. The third-order valence-corrected chi connectivity index (χ3v) is 2.88. The van der Waals surface area contributed by atoms with E-state index in [1.54, 1.807) is 0 Å². The first-order valence-corrected chi connectivity index (χ1v) is 6.01. The molecule has 98 valence electrons. The summed E-state index contributed by atoms with van der Waals surface area (Å²) in [5.74, 6) is -1.37. The fourth-order valence-electron chi connectivity index (χ4n) is 1.83. The van der Waals surface area contributed by atoms with Gasteiger partial charge >= 0.3 is 5.97 Å². The van der Waals surface area contributed by atoms with Crippen LogP contribution in [0.2, 0.25) is 0 Å². The van der Waals surface area contributed by atoms with Gasteiger partial charge in [-0.3, -0.25) is 9.59 Å². The lowest BCUT2D eigenvalue weighted by atomic mass is 9.84. The predicted molar refractivity (Wildman–Crippen MR) is 64.6 cm³/mol. The van der Waals surface area contributed by atoms with E-state index in [2.05, 4.69) is 10.6 Å². The summed E-state index contributed by atoms with van der Waals surface area (Å²) in [7, 11) is 0. The first-order valence-electron chi connectivity index (χ1n) is 6.01. The number of rotatable bonds is 5. The number of nitrogens with one attached hydrogen (secondary N) is 2. The molecule has 1 aliphatic rings. The summed E-state index contributed by atoms with van der Waals surface area (Å²) in [5, 5.41) is 14.8. The summed E-state index contributed by atoms with van der Waals surface area (Å²) in [4.78, 5) is 22.7. The van der Waals surface area contributed by atoms with E-state index in [4.69, 9.17) is 5.11 Å². The second-order valence-electron chi connectivity index (χ2n) is 5.90. The van der Waals surface area contributed by atoms with Crippen molar-refractivity contribution in [3.8, 4) is 0 Å². The Balaban J connectivity index is 2.38. The SMILES string of the molecule is CC(C)(C)CC(CNC(=O)C1CNC1)C(=O)O. The van der Waals surface area contributed by atoms with E-state index in [0.717, 1.165) is 0 Å². The molecule has 17 heavy (non-hydrogen) atoms. The van der Waals surface area contributed by atoms with Crippen molar-refractivity contribution in [1.29, 1.82) is 0 Å². The van der Waals surface area contributed by atoms with Crippen LogP contribution in [0.15, 0.2) is 0 Å². The maximum absolute atomic E-state index is 11.6. The van der Waals surface area contributed by atoms with Crippen LogP contribution in [0.5, 0.6) is 0 Å². The molecule has 0 spiro atoms. The average molecular weight is 242 g/mol. The molecule has 0 aliphatic carbocycles. The van der Waals surface area contributed by atoms with Gasteiger partial charge in [0.05, 0.1) is 11.8 Å². The van der Waals surface area contributed by atoms with Gasteiger partial charge in [-0.05, 0) is 11.8 Å². The van der Waals surface area contributed by atoms with Crippen LogP contribution in [-0.4, -0.2) is 36.6 Å². The summed E-state index contributed by atoms with van der Waals surface area (Å²) in [6, 6.07) is 0. The Hall–Kier alpha value is -1.10. The molecule has 1 rings (SSSR count). The van der Waals surface area contributed by atoms with Crippen LogP contribution in [0, 0.1) is 17.3 Å². The van der Waals surface area contributed by atoms with Crippen molar-refractivity contribution in [3.63, 3.8) is 0 Å². The zero-order valence-corrected chi connectivity index (χ0v) is 10.7. The molecule has 3 N–H and O–H groups in total. The molecular formula is C12H22N2O3. The Morgan fingerprint density at radius 3 is 2.35 bits per heavy atom. The number of amides is 1. The van der Waals surface area contributed by atoms with E-state index in [9.17, 15) is 9.59 Å². The molecule has 1 aliphatic heterocycles. The molecule has 5 heteroatoms. The van der Waals surface area contributed by atoms with E-state index in [1.807, 2.05) is 20.8 Å². The molecule has 0 saturated carbocycles. The lowest BCUT2D eigenvalue weighted by Gasteiger charge is -2.27. The average Bonchev–Trinajstić information content (AvgIpc) is 2.06. The lowest BCUT2D eigenvalue weighted by Crippen LogP contribution is -2.51. The Morgan fingerprint density at radius 1 is 1.41 bits per heavy atom. The van der Waals surface area contributed by atoms with Crippen LogP contribution in [0.25, 0.3) is 0 Å². The van der Waals surface area contributed by atoms with Crippen LogP contribution in [0.1, 0.15) is 27.2 Å². The second kappa shape index (κ2) is 5.49. The van der Waals surface area contributed by atoms with Gasteiger partial charge in [0.1, 0.15) is 0 Å². The summed E-state index contributed by atoms with van der Waals surface area (Å²) in [6.45, 7) is 7.62. The number of carboxylic acids is 1. The standard InChI is InChI=1S/C12H22N2O3/c1-12(2,3)4-8(11(16)17)7-14-10(15)9-5-13-6-9/h8-9,13H,4-7H2,1-3H3,(H,14,15)(H,16,17). The number of carbonyl (C=O) groups is 2. The van der Waals surface area contributed by atoms with Crippen LogP contribution in [0.4, 0.5) is 0 Å².